The van der Waals surface area contributed by atoms with Gasteiger partial charge >= 0.3 is 59.1 Å². The number of aliphatic hydroxyl groups excluding tert-OH is 1. The Morgan fingerprint density at radius 3 is 2.12 bits per heavy atom. The van der Waals surface area contributed by atoms with Gasteiger partial charge in [-0.05, 0) is 124 Å². The van der Waals surface area contributed by atoms with Gasteiger partial charge in [0.1, 0.15) is 6.10 Å². The number of allylic oxidation sites excluding steroid dienone is 1. The van der Waals surface area contributed by atoms with Crippen molar-refractivity contribution in [2.75, 3.05) is 6.61 Å². The summed E-state index contributed by atoms with van der Waals surface area (Å²) in [6.45, 7) is 10.5. The fourth-order valence-electron chi connectivity index (χ4n) is 9.61. The maximum Gasteiger partial charge on any atom is 1.00 e. The van der Waals surface area contributed by atoms with Gasteiger partial charge in [0, 0.05) is 0 Å². The zero-order chi connectivity index (χ0) is 28.1. The summed E-state index contributed by atoms with van der Waals surface area (Å²) in [5.41, 5.74) is 0.941. The Balaban J connectivity index is 0.00000280. The first-order valence-electron chi connectivity index (χ1n) is 14.1. The van der Waals surface area contributed by atoms with Gasteiger partial charge in [0.15, 0.2) is 0 Å². The molecule has 1 N–H and O–H groups in total. The van der Waals surface area contributed by atoms with Crippen LogP contribution in [-0.4, -0.2) is 49.9 Å². The molecule has 0 aromatic heterocycles. The van der Waals surface area contributed by atoms with E-state index in [-0.39, 0.29) is 94.3 Å². The van der Waals surface area contributed by atoms with Gasteiger partial charge in [-0.2, -0.15) is 0 Å². The second kappa shape index (κ2) is 14.3. The number of fused-ring (bicyclic) bond motifs is 5. The van der Waals surface area contributed by atoms with Crippen LogP contribution in [0.1, 0.15) is 91.4 Å². The van der Waals surface area contributed by atoms with Crippen molar-refractivity contribution in [1.29, 1.82) is 0 Å². The number of hydrogen-bond donors (Lipinski definition) is 1. The van der Waals surface area contributed by atoms with E-state index in [1.165, 1.54) is 0 Å². The third kappa shape index (κ3) is 8.17. The van der Waals surface area contributed by atoms with Crippen molar-refractivity contribution in [3.05, 3.63) is 12.2 Å². The van der Waals surface area contributed by atoms with E-state index in [9.17, 15) is 31.0 Å². The zero-order valence-electron chi connectivity index (χ0n) is 24.8. The molecule has 10 atom stereocenters. The van der Waals surface area contributed by atoms with Crippen LogP contribution in [0.4, 0.5) is 0 Å². The summed E-state index contributed by atoms with van der Waals surface area (Å²) >= 11 is 0. The Labute approximate surface area is 285 Å². The zero-order valence-corrected chi connectivity index (χ0v) is 30.5. The van der Waals surface area contributed by atoms with E-state index in [0.29, 0.717) is 30.6 Å². The summed E-state index contributed by atoms with van der Waals surface area (Å²) in [4.78, 5) is 0. The Hall–Kier alpha value is 1.44. The average molecular weight is 623 g/mol. The molecule has 0 radical (unpaired) electrons. The van der Waals surface area contributed by atoms with Crippen molar-refractivity contribution >= 4 is 20.8 Å². The summed E-state index contributed by atoms with van der Waals surface area (Å²) in [5, 5.41) is 11.1. The van der Waals surface area contributed by atoms with Gasteiger partial charge in [-0.3, -0.25) is 8.37 Å². The first-order chi connectivity index (χ1) is 17.6. The number of hydrogen-bond acceptors (Lipinski definition) is 9. The molecule has 3 unspecified atom stereocenters. The maximum atomic E-state index is 11.3. The van der Waals surface area contributed by atoms with Crippen molar-refractivity contribution in [2.45, 2.75) is 104 Å². The number of rotatable bonds is 10. The van der Waals surface area contributed by atoms with E-state index in [2.05, 4.69) is 20.4 Å². The molecule has 40 heavy (non-hydrogen) atoms. The predicted octanol–water partition coefficient (Wildman–Crippen LogP) is -1.69. The van der Waals surface area contributed by atoms with Crippen molar-refractivity contribution in [1.82, 2.24) is 0 Å². The molecule has 4 rings (SSSR count). The summed E-state index contributed by atoms with van der Waals surface area (Å²) in [5.74, 6) is 1.45. The Morgan fingerprint density at radius 2 is 1.52 bits per heavy atom. The van der Waals surface area contributed by atoms with Gasteiger partial charge in [0.25, 0.3) is 0 Å². The summed E-state index contributed by atoms with van der Waals surface area (Å²) in [7, 11) is -9.64. The summed E-state index contributed by atoms with van der Waals surface area (Å²) < 4.78 is 77.1. The molecule has 0 spiro atoms. The third-order valence-corrected chi connectivity index (χ3v) is 12.1. The fourth-order valence-corrected chi connectivity index (χ4v) is 10.5. The van der Waals surface area contributed by atoms with Gasteiger partial charge in [0.2, 0.25) is 20.8 Å². The van der Waals surface area contributed by atoms with E-state index in [0.717, 1.165) is 63.4 Å². The van der Waals surface area contributed by atoms with Crippen LogP contribution >= 0.6 is 0 Å². The van der Waals surface area contributed by atoms with Crippen LogP contribution in [0, 0.1) is 46.3 Å². The summed E-state index contributed by atoms with van der Waals surface area (Å²) in [6.07, 6.45) is 7.31. The minimum absolute atomic E-state index is 0. The van der Waals surface area contributed by atoms with Crippen LogP contribution in [0.25, 0.3) is 0 Å². The van der Waals surface area contributed by atoms with E-state index < -0.39 is 33.0 Å². The van der Waals surface area contributed by atoms with Gasteiger partial charge < -0.3 is 14.2 Å². The van der Waals surface area contributed by atoms with Gasteiger partial charge in [-0.25, -0.2) is 16.8 Å². The number of aliphatic hydroxyl groups is 1. The quantitative estimate of drug-likeness (QED) is 0.130. The molecule has 4 saturated carbocycles. The van der Waals surface area contributed by atoms with Crippen molar-refractivity contribution in [3.63, 3.8) is 0 Å². The first kappa shape index (κ1) is 37.6. The maximum absolute atomic E-state index is 11.3. The molecule has 4 aliphatic carbocycles. The second-order valence-electron chi connectivity index (χ2n) is 13.2. The van der Waals surface area contributed by atoms with Gasteiger partial charge in [-0.1, -0.05) is 19.4 Å². The van der Waals surface area contributed by atoms with E-state index >= 15 is 0 Å². The molecule has 13 heteroatoms. The standard InChI is InChI=1S/C27H46O9S2.2Na/c1-17(2)6-5-7-18(16-35-37(29,30)31)20-10-11-21-19-8-9-23-25(28)24(36-38(32,33)34)13-15-27(23,4)22(19)12-14-26(20,21)3;;/h18-25,28H,1,5-16H2,2-4H3,(H,29,30,31)(H,32,33,34);;/q;2*+1/p-2/t18-,19?,20+,21?,22?,23+,24+,25-,26+,27+;;/m0../s1. The normalized spacial score (nSPS) is 40.0. The first-order valence-corrected chi connectivity index (χ1v) is 16.8. The SMILES string of the molecule is C=C(C)CCC[C@@H](COS(=O)(=O)[O-])[C@H]1CCC2C3CC[C@@H]4[C@H](O)[C@H](OS(=O)(=O)[O-])CC[C@]4(C)C3CC[C@@]21C.[Na+].[Na+]. The molecule has 220 valence electrons. The van der Waals surface area contributed by atoms with E-state index in [4.69, 9.17) is 8.37 Å². The minimum atomic E-state index is -4.88. The smallest absolute Gasteiger partial charge is 0.726 e. The van der Waals surface area contributed by atoms with Crippen molar-refractivity contribution < 1.29 is 98.5 Å². The van der Waals surface area contributed by atoms with Crippen LogP contribution in [0.5, 0.6) is 0 Å². The monoisotopic (exact) mass is 622 g/mol. The van der Waals surface area contributed by atoms with E-state index in [1.54, 1.807) is 0 Å². The minimum Gasteiger partial charge on any atom is -0.726 e. The topological polar surface area (TPSA) is 153 Å². The third-order valence-electron chi connectivity index (χ3n) is 11.2. The molecule has 0 aromatic rings. The Bertz CT molecular complexity index is 1100. The molecule has 0 saturated heterocycles. The molecule has 4 aliphatic rings. The van der Waals surface area contributed by atoms with Crippen LogP contribution in [-0.2, 0) is 29.2 Å². The molecule has 4 fully saturated rings. The Morgan fingerprint density at radius 1 is 0.925 bits per heavy atom. The van der Waals surface area contributed by atoms with E-state index in [1.807, 2.05) is 6.92 Å². The molecule has 0 aromatic carbocycles. The van der Waals surface area contributed by atoms with Crippen LogP contribution in [0.15, 0.2) is 12.2 Å². The molecule has 0 bridgehead atoms. The molecule has 0 heterocycles. The molecule has 0 aliphatic heterocycles. The second-order valence-corrected chi connectivity index (χ2v) is 15.2. The summed E-state index contributed by atoms with van der Waals surface area (Å²) in [6, 6.07) is 0. The molecule has 0 amide bonds. The molecular formula is C27H44Na2O9S2. The predicted molar refractivity (Wildman–Crippen MR) is 139 cm³/mol. The largest absolute Gasteiger partial charge is 1.00 e. The molecular weight excluding hydrogens is 578 g/mol. The average Bonchev–Trinajstić information content (AvgIpc) is 3.14. The molecule has 9 nitrogen and oxygen atoms in total. The van der Waals surface area contributed by atoms with Crippen LogP contribution in [0.2, 0.25) is 0 Å². The van der Waals surface area contributed by atoms with Crippen molar-refractivity contribution in [2.24, 2.45) is 46.3 Å². The van der Waals surface area contributed by atoms with Crippen LogP contribution < -0.4 is 59.1 Å². The van der Waals surface area contributed by atoms with Gasteiger partial charge in [0.05, 0.1) is 12.7 Å². The van der Waals surface area contributed by atoms with Gasteiger partial charge in [-0.15, -0.1) is 6.58 Å². The van der Waals surface area contributed by atoms with Crippen molar-refractivity contribution in [3.8, 4) is 0 Å². The Kier molecular flexibility index (Phi) is 13.4. The fraction of sp³-hybridized carbons (Fsp3) is 0.926. The van der Waals surface area contributed by atoms with Crippen LogP contribution in [0.3, 0.4) is 0 Å².